The maximum atomic E-state index is 12.5. The zero-order chi connectivity index (χ0) is 18.3. The molecule has 0 unspecified atom stereocenters. The van der Waals surface area contributed by atoms with Gasteiger partial charge in [0.25, 0.3) is 0 Å². The number of rotatable bonds is 8. The number of halogens is 1. The summed E-state index contributed by atoms with van der Waals surface area (Å²) < 4.78 is 0. The second kappa shape index (κ2) is 9.67. The largest absolute Gasteiger partial charge is 0.343 e. The number of amides is 2. The van der Waals surface area contributed by atoms with Crippen LogP contribution >= 0.6 is 11.6 Å². The van der Waals surface area contributed by atoms with Gasteiger partial charge in [0.2, 0.25) is 11.8 Å². The quantitative estimate of drug-likeness (QED) is 0.697. The molecule has 24 heavy (non-hydrogen) atoms. The minimum atomic E-state index is -0.103. The molecule has 0 aliphatic heterocycles. The topological polar surface area (TPSA) is 40.6 Å². The van der Waals surface area contributed by atoms with Crippen LogP contribution in [0.2, 0.25) is 5.02 Å². The first kappa shape index (κ1) is 20.5. The number of nitrogens with zero attached hydrogens (tertiary/aromatic N) is 2. The van der Waals surface area contributed by atoms with E-state index in [1.54, 1.807) is 4.90 Å². The fourth-order valence-electron chi connectivity index (χ4n) is 2.94. The third-order valence-corrected chi connectivity index (χ3v) is 4.23. The van der Waals surface area contributed by atoms with Crippen LogP contribution in [0.25, 0.3) is 0 Å². The molecule has 1 aromatic rings. The third kappa shape index (κ3) is 5.52. The van der Waals surface area contributed by atoms with Crippen molar-refractivity contribution in [2.24, 2.45) is 0 Å². The first-order valence-electron chi connectivity index (χ1n) is 8.64. The van der Waals surface area contributed by atoms with Gasteiger partial charge in [-0.2, -0.15) is 0 Å². The van der Waals surface area contributed by atoms with Crippen molar-refractivity contribution in [1.29, 1.82) is 0 Å². The van der Waals surface area contributed by atoms with Crippen LogP contribution in [0.15, 0.2) is 12.1 Å². The standard InChI is InChI=1S/C19H29ClN2O2/c1-6-9-21(10-7-2)18(24)8-11-22(16(5)23)19-15(4)12-14(3)13-17(19)20/h12-13H,6-11H2,1-5H3. The zero-order valence-corrected chi connectivity index (χ0v) is 16.2. The Morgan fingerprint density at radius 3 is 2.08 bits per heavy atom. The summed E-state index contributed by atoms with van der Waals surface area (Å²) >= 11 is 6.36. The second-order valence-electron chi connectivity index (χ2n) is 6.21. The normalized spacial score (nSPS) is 10.6. The van der Waals surface area contributed by atoms with Gasteiger partial charge < -0.3 is 9.80 Å². The highest BCUT2D eigenvalue weighted by Gasteiger charge is 2.20. The van der Waals surface area contributed by atoms with Crippen LogP contribution in [-0.2, 0) is 9.59 Å². The van der Waals surface area contributed by atoms with E-state index in [2.05, 4.69) is 13.8 Å². The highest BCUT2D eigenvalue weighted by molar-refractivity contribution is 6.34. The van der Waals surface area contributed by atoms with Crippen molar-refractivity contribution >= 4 is 29.1 Å². The number of aryl methyl sites for hydroxylation is 2. The number of hydrogen-bond acceptors (Lipinski definition) is 2. The summed E-state index contributed by atoms with van der Waals surface area (Å²) in [5.74, 6) is -0.0139. The summed E-state index contributed by atoms with van der Waals surface area (Å²) in [4.78, 5) is 28.1. The molecule has 0 atom stereocenters. The Bertz CT molecular complexity index is 558. The second-order valence-corrected chi connectivity index (χ2v) is 6.62. The lowest BCUT2D eigenvalue weighted by Gasteiger charge is -2.27. The summed E-state index contributed by atoms with van der Waals surface area (Å²) in [6.07, 6.45) is 2.18. The van der Waals surface area contributed by atoms with E-state index >= 15 is 0 Å². The van der Waals surface area contributed by atoms with Crippen molar-refractivity contribution in [2.45, 2.75) is 53.9 Å². The first-order valence-corrected chi connectivity index (χ1v) is 9.02. The van der Waals surface area contributed by atoms with E-state index in [9.17, 15) is 9.59 Å². The Balaban J connectivity index is 2.92. The predicted molar refractivity (Wildman–Crippen MR) is 101 cm³/mol. The number of carbonyl (C=O) groups is 2. The maximum Gasteiger partial charge on any atom is 0.224 e. The van der Waals surface area contributed by atoms with Crippen LogP contribution in [0, 0.1) is 13.8 Å². The molecular weight excluding hydrogens is 324 g/mol. The van der Waals surface area contributed by atoms with E-state index in [1.807, 2.05) is 30.9 Å². The smallest absolute Gasteiger partial charge is 0.224 e. The highest BCUT2D eigenvalue weighted by Crippen LogP contribution is 2.31. The Labute approximate surface area is 150 Å². The van der Waals surface area contributed by atoms with Gasteiger partial charge >= 0.3 is 0 Å². The Hall–Kier alpha value is -1.55. The molecule has 0 radical (unpaired) electrons. The molecule has 5 heteroatoms. The average molecular weight is 353 g/mol. The van der Waals surface area contributed by atoms with Gasteiger partial charge in [0.15, 0.2) is 0 Å². The lowest BCUT2D eigenvalue weighted by Crippen LogP contribution is -2.37. The minimum Gasteiger partial charge on any atom is -0.343 e. The van der Waals surface area contributed by atoms with Crippen LogP contribution in [0.5, 0.6) is 0 Å². The van der Waals surface area contributed by atoms with Crippen molar-refractivity contribution in [2.75, 3.05) is 24.5 Å². The summed E-state index contributed by atoms with van der Waals surface area (Å²) in [5, 5.41) is 0.550. The first-order chi connectivity index (χ1) is 11.3. The molecule has 0 saturated heterocycles. The van der Waals surface area contributed by atoms with Crippen LogP contribution in [0.4, 0.5) is 5.69 Å². The van der Waals surface area contributed by atoms with E-state index in [0.717, 1.165) is 37.1 Å². The Morgan fingerprint density at radius 1 is 1.04 bits per heavy atom. The van der Waals surface area contributed by atoms with Gasteiger partial charge in [-0.05, 0) is 43.9 Å². The number of benzene rings is 1. The monoisotopic (exact) mass is 352 g/mol. The van der Waals surface area contributed by atoms with E-state index in [4.69, 9.17) is 11.6 Å². The highest BCUT2D eigenvalue weighted by atomic mass is 35.5. The molecule has 1 rings (SSSR count). The number of anilines is 1. The summed E-state index contributed by atoms with van der Waals surface area (Å²) in [6.45, 7) is 11.4. The van der Waals surface area contributed by atoms with Crippen LogP contribution < -0.4 is 4.90 Å². The molecule has 0 N–H and O–H groups in total. The van der Waals surface area contributed by atoms with E-state index in [-0.39, 0.29) is 11.8 Å². The molecule has 134 valence electrons. The van der Waals surface area contributed by atoms with E-state index < -0.39 is 0 Å². The van der Waals surface area contributed by atoms with Gasteiger partial charge in [0.05, 0.1) is 10.7 Å². The molecule has 0 spiro atoms. The molecule has 0 bridgehead atoms. The van der Waals surface area contributed by atoms with Gasteiger partial charge in [-0.1, -0.05) is 31.5 Å². The van der Waals surface area contributed by atoms with Crippen molar-refractivity contribution in [1.82, 2.24) is 4.90 Å². The molecule has 0 aromatic heterocycles. The van der Waals surface area contributed by atoms with Crippen LogP contribution in [0.3, 0.4) is 0 Å². The molecular formula is C19H29ClN2O2. The summed E-state index contributed by atoms with van der Waals surface area (Å²) in [6, 6.07) is 3.85. The Morgan fingerprint density at radius 2 is 1.62 bits per heavy atom. The van der Waals surface area contributed by atoms with Gasteiger partial charge in [0, 0.05) is 33.0 Å². The molecule has 0 aliphatic carbocycles. The zero-order valence-electron chi connectivity index (χ0n) is 15.5. The van der Waals surface area contributed by atoms with E-state index in [0.29, 0.717) is 23.7 Å². The Kier molecular flexibility index (Phi) is 8.26. The average Bonchev–Trinajstić information content (AvgIpc) is 2.48. The molecule has 4 nitrogen and oxygen atoms in total. The lowest BCUT2D eigenvalue weighted by atomic mass is 10.1. The van der Waals surface area contributed by atoms with Crippen LogP contribution in [-0.4, -0.2) is 36.3 Å². The van der Waals surface area contributed by atoms with Crippen molar-refractivity contribution in [3.05, 3.63) is 28.3 Å². The fraction of sp³-hybridized carbons (Fsp3) is 0.579. The summed E-state index contributed by atoms with van der Waals surface area (Å²) in [7, 11) is 0. The predicted octanol–water partition coefficient (Wildman–Crippen LogP) is 4.35. The van der Waals surface area contributed by atoms with Gasteiger partial charge in [0.1, 0.15) is 0 Å². The van der Waals surface area contributed by atoms with Crippen molar-refractivity contribution in [3.8, 4) is 0 Å². The lowest BCUT2D eigenvalue weighted by molar-refractivity contribution is -0.131. The molecule has 2 amide bonds. The molecule has 1 aromatic carbocycles. The van der Waals surface area contributed by atoms with Crippen molar-refractivity contribution < 1.29 is 9.59 Å². The minimum absolute atomic E-state index is 0.0887. The molecule has 0 heterocycles. The molecule has 0 aliphatic rings. The maximum absolute atomic E-state index is 12.5. The van der Waals surface area contributed by atoms with Gasteiger partial charge in [-0.15, -0.1) is 0 Å². The SMILES string of the molecule is CCCN(CCC)C(=O)CCN(C(C)=O)c1c(C)cc(C)cc1Cl. The van der Waals surface area contributed by atoms with Gasteiger partial charge in [-0.3, -0.25) is 9.59 Å². The van der Waals surface area contributed by atoms with Gasteiger partial charge in [-0.25, -0.2) is 0 Å². The van der Waals surface area contributed by atoms with E-state index in [1.165, 1.54) is 6.92 Å². The van der Waals surface area contributed by atoms with Crippen molar-refractivity contribution in [3.63, 3.8) is 0 Å². The molecule has 0 fully saturated rings. The molecule has 0 saturated carbocycles. The number of carbonyl (C=O) groups excluding carboxylic acids is 2. The number of hydrogen-bond donors (Lipinski definition) is 0. The van der Waals surface area contributed by atoms with Crippen LogP contribution in [0.1, 0.15) is 51.2 Å². The third-order valence-electron chi connectivity index (χ3n) is 3.94. The summed E-state index contributed by atoms with van der Waals surface area (Å²) in [5.41, 5.74) is 2.71. The fourth-order valence-corrected chi connectivity index (χ4v) is 3.37.